The molecule has 1 aromatic rings. The lowest BCUT2D eigenvalue weighted by Crippen LogP contribution is -2.36. The van der Waals surface area contributed by atoms with Crippen LogP contribution in [0.15, 0.2) is 12.5 Å². The van der Waals surface area contributed by atoms with Crippen LogP contribution in [-0.2, 0) is 6.54 Å². The molecule has 0 spiro atoms. The molecule has 0 radical (unpaired) electrons. The van der Waals surface area contributed by atoms with Gasteiger partial charge in [-0.15, -0.1) is 0 Å². The molecule has 2 aliphatic rings. The first-order chi connectivity index (χ1) is 8.90. The predicted molar refractivity (Wildman–Crippen MR) is 72.2 cm³/mol. The fourth-order valence-corrected chi connectivity index (χ4v) is 3.64. The fourth-order valence-electron chi connectivity index (χ4n) is 3.64. The van der Waals surface area contributed by atoms with Gasteiger partial charge in [0.15, 0.2) is 0 Å². The highest BCUT2D eigenvalue weighted by Gasteiger charge is 2.34. The summed E-state index contributed by atoms with van der Waals surface area (Å²) in [6, 6.07) is 0.688. The highest BCUT2D eigenvalue weighted by Crippen LogP contribution is 2.37. The standard InChI is InChI=1S/C14H22N4/c15-8-12-9-16-10-17-14(12)18-7-3-6-13(18)11-4-1-2-5-11/h9-11,13H,1-8,15H2. The van der Waals surface area contributed by atoms with Gasteiger partial charge in [0.2, 0.25) is 0 Å². The number of hydrogen-bond acceptors (Lipinski definition) is 4. The van der Waals surface area contributed by atoms with Gasteiger partial charge in [-0.2, -0.15) is 0 Å². The third-order valence-electron chi connectivity index (χ3n) is 4.50. The molecule has 1 atom stereocenters. The monoisotopic (exact) mass is 246 g/mol. The van der Waals surface area contributed by atoms with Crippen molar-refractivity contribution in [3.05, 3.63) is 18.1 Å². The van der Waals surface area contributed by atoms with Gasteiger partial charge >= 0.3 is 0 Å². The van der Waals surface area contributed by atoms with E-state index in [1.807, 2.05) is 6.20 Å². The molecule has 1 aromatic heterocycles. The largest absolute Gasteiger partial charge is 0.353 e. The van der Waals surface area contributed by atoms with Crippen LogP contribution in [0.5, 0.6) is 0 Å². The van der Waals surface area contributed by atoms with Gasteiger partial charge in [0, 0.05) is 30.9 Å². The van der Waals surface area contributed by atoms with E-state index in [9.17, 15) is 0 Å². The Kier molecular flexibility index (Phi) is 3.46. The van der Waals surface area contributed by atoms with Gasteiger partial charge in [-0.25, -0.2) is 9.97 Å². The van der Waals surface area contributed by atoms with Crippen LogP contribution in [0.4, 0.5) is 5.82 Å². The number of aromatic nitrogens is 2. The van der Waals surface area contributed by atoms with E-state index >= 15 is 0 Å². The van der Waals surface area contributed by atoms with Crippen molar-refractivity contribution in [1.82, 2.24) is 9.97 Å². The summed E-state index contributed by atoms with van der Waals surface area (Å²) in [5.41, 5.74) is 6.90. The Bertz CT molecular complexity index is 401. The maximum absolute atomic E-state index is 5.81. The van der Waals surface area contributed by atoms with Crippen LogP contribution in [0.3, 0.4) is 0 Å². The maximum Gasteiger partial charge on any atom is 0.136 e. The fraction of sp³-hybridized carbons (Fsp3) is 0.714. The first kappa shape index (κ1) is 11.9. The molecule has 1 saturated heterocycles. The van der Waals surface area contributed by atoms with Gasteiger partial charge in [-0.3, -0.25) is 0 Å². The van der Waals surface area contributed by atoms with Crippen molar-refractivity contribution in [3.63, 3.8) is 0 Å². The molecule has 1 aliphatic heterocycles. The minimum absolute atomic E-state index is 0.532. The summed E-state index contributed by atoms with van der Waals surface area (Å²) < 4.78 is 0. The van der Waals surface area contributed by atoms with E-state index in [0.717, 1.165) is 23.8 Å². The minimum Gasteiger partial charge on any atom is -0.353 e. The summed E-state index contributed by atoms with van der Waals surface area (Å²) >= 11 is 0. The molecule has 2 heterocycles. The highest BCUT2D eigenvalue weighted by atomic mass is 15.2. The maximum atomic E-state index is 5.81. The lowest BCUT2D eigenvalue weighted by Gasteiger charge is -2.31. The van der Waals surface area contributed by atoms with E-state index in [1.165, 1.54) is 38.5 Å². The molecular weight excluding hydrogens is 224 g/mol. The van der Waals surface area contributed by atoms with Crippen LogP contribution >= 0.6 is 0 Å². The van der Waals surface area contributed by atoms with E-state index in [4.69, 9.17) is 5.73 Å². The first-order valence-corrected chi connectivity index (χ1v) is 7.15. The molecule has 0 aromatic carbocycles. The van der Waals surface area contributed by atoms with Gasteiger partial charge in [-0.05, 0) is 31.6 Å². The summed E-state index contributed by atoms with van der Waals surface area (Å²) in [6.07, 6.45) is 11.7. The highest BCUT2D eigenvalue weighted by molar-refractivity contribution is 5.47. The van der Waals surface area contributed by atoms with Gasteiger partial charge in [0.25, 0.3) is 0 Å². The Labute approximate surface area is 109 Å². The Morgan fingerprint density at radius 3 is 2.83 bits per heavy atom. The van der Waals surface area contributed by atoms with E-state index in [0.29, 0.717) is 12.6 Å². The molecule has 2 N–H and O–H groups in total. The molecule has 0 amide bonds. The van der Waals surface area contributed by atoms with Gasteiger partial charge < -0.3 is 10.6 Å². The molecule has 1 unspecified atom stereocenters. The van der Waals surface area contributed by atoms with E-state index in [-0.39, 0.29) is 0 Å². The number of rotatable bonds is 3. The second kappa shape index (κ2) is 5.22. The SMILES string of the molecule is NCc1cncnc1N1CCCC1C1CCCC1. The molecule has 4 heteroatoms. The van der Waals surface area contributed by atoms with Gasteiger partial charge in [0.05, 0.1) is 0 Å². The lowest BCUT2D eigenvalue weighted by atomic mass is 9.96. The van der Waals surface area contributed by atoms with Crippen molar-refractivity contribution in [1.29, 1.82) is 0 Å². The van der Waals surface area contributed by atoms with Crippen molar-refractivity contribution >= 4 is 5.82 Å². The van der Waals surface area contributed by atoms with Crippen molar-refractivity contribution < 1.29 is 0 Å². The predicted octanol–water partition coefficient (Wildman–Crippen LogP) is 2.09. The van der Waals surface area contributed by atoms with Crippen LogP contribution in [0, 0.1) is 5.92 Å². The summed E-state index contributed by atoms with van der Waals surface area (Å²) in [5.74, 6) is 1.95. The molecule has 2 fully saturated rings. The quantitative estimate of drug-likeness (QED) is 0.887. The molecular formula is C14H22N4. The molecule has 4 nitrogen and oxygen atoms in total. The summed E-state index contributed by atoms with van der Waals surface area (Å²) in [6.45, 7) is 1.66. The van der Waals surface area contributed by atoms with E-state index in [1.54, 1.807) is 6.33 Å². The Morgan fingerprint density at radius 1 is 1.22 bits per heavy atom. The zero-order valence-electron chi connectivity index (χ0n) is 10.9. The minimum atomic E-state index is 0.532. The molecule has 0 bridgehead atoms. The third-order valence-corrected chi connectivity index (χ3v) is 4.50. The Hall–Kier alpha value is -1.16. The molecule has 18 heavy (non-hydrogen) atoms. The molecule has 1 saturated carbocycles. The summed E-state index contributed by atoms with van der Waals surface area (Å²) in [7, 11) is 0. The van der Waals surface area contributed by atoms with Crippen molar-refractivity contribution in [2.45, 2.75) is 51.1 Å². The van der Waals surface area contributed by atoms with Gasteiger partial charge in [-0.1, -0.05) is 12.8 Å². The topological polar surface area (TPSA) is 55.0 Å². The zero-order chi connectivity index (χ0) is 12.4. The van der Waals surface area contributed by atoms with Crippen molar-refractivity contribution in [2.24, 2.45) is 11.7 Å². The smallest absolute Gasteiger partial charge is 0.136 e. The zero-order valence-corrected chi connectivity index (χ0v) is 10.9. The van der Waals surface area contributed by atoms with E-state index in [2.05, 4.69) is 14.9 Å². The summed E-state index contributed by atoms with van der Waals surface area (Å²) in [5, 5.41) is 0. The van der Waals surface area contributed by atoms with Gasteiger partial charge in [0.1, 0.15) is 12.1 Å². The van der Waals surface area contributed by atoms with Crippen LogP contribution < -0.4 is 10.6 Å². The molecule has 98 valence electrons. The average Bonchev–Trinajstić information content (AvgIpc) is 3.09. The van der Waals surface area contributed by atoms with E-state index < -0.39 is 0 Å². The molecule has 3 rings (SSSR count). The number of hydrogen-bond donors (Lipinski definition) is 1. The van der Waals surface area contributed by atoms with Crippen molar-refractivity contribution in [3.8, 4) is 0 Å². The first-order valence-electron chi connectivity index (χ1n) is 7.15. The van der Waals surface area contributed by atoms with Crippen LogP contribution in [0.25, 0.3) is 0 Å². The second-order valence-electron chi connectivity index (χ2n) is 5.52. The van der Waals surface area contributed by atoms with Crippen LogP contribution in [0.1, 0.15) is 44.1 Å². The van der Waals surface area contributed by atoms with Crippen LogP contribution in [0.2, 0.25) is 0 Å². The Balaban J connectivity index is 1.85. The number of anilines is 1. The lowest BCUT2D eigenvalue weighted by molar-refractivity contribution is 0.428. The Morgan fingerprint density at radius 2 is 2.06 bits per heavy atom. The molecule has 1 aliphatic carbocycles. The van der Waals surface area contributed by atoms with Crippen molar-refractivity contribution in [2.75, 3.05) is 11.4 Å². The number of nitrogens with two attached hydrogens (primary N) is 1. The number of nitrogens with zero attached hydrogens (tertiary/aromatic N) is 3. The van der Waals surface area contributed by atoms with Crippen LogP contribution in [-0.4, -0.2) is 22.6 Å². The third kappa shape index (κ3) is 2.09. The summed E-state index contributed by atoms with van der Waals surface area (Å²) in [4.78, 5) is 11.1. The average molecular weight is 246 g/mol. The second-order valence-corrected chi connectivity index (χ2v) is 5.52. The normalized spacial score (nSPS) is 24.9.